The van der Waals surface area contributed by atoms with Gasteiger partial charge in [0.15, 0.2) is 12.0 Å². The standard InChI is InChI=1S/C8H4ClNO2/c9-8-6-3-5(4-11)12-7(6)1-2-10-8/h1-4H. The Morgan fingerprint density at radius 3 is 3.08 bits per heavy atom. The zero-order valence-corrected chi connectivity index (χ0v) is 6.71. The van der Waals surface area contributed by atoms with Gasteiger partial charge in [-0.25, -0.2) is 4.98 Å². The second-order valence-electron chi connectivity index (χ2n) is 2.28. The van der Waals surface area contributed by atoms with Crippen molar-refractivity contribution in [3.8, 4) is 0 Å². The molecule has 0 aliphatic rings. The number of furan rings is 1. The highest BCUT2D eigenvalue weighted by molar-refractivity contribution is 6.34. The van der Waals surface area contributed by atoms with E-state index in [1.807, 2.05) is 0 Å². The van der Waals surface area contributed by atoms with Gasteiger partial charge in [0.1, 0.15) is 10.7 Å². The Kier molecular flexibility index (Phi) is 1.59. The highest BCUT2D eigenvalue weighted by atomic mass is 35.5. The number of carbonyl (C=O) groups excluding carboxylic acids is 1. The third kappa shape index (κ3) is 0.987. The fraction of sp³-hybridized carbons (Fsp3) is 0. The lowest BCUT2D eigenvalue weighted by molar-refractivity contribution is 0.110. The van der Waals surface area contributed by atoms with E-state index in [0.29, 0.717) is 22.4 Å². The van der Waals surface area contributed by atoms with Crippen LogP contribution in [0.3, 0.4) is 0 Å². The van der Waals surface area contributed by atoms with E-state index in [2.05, 4.69) is 4.98 Å². The van der Waals surface area contributed by atoms with E-state index in [0.717, 1.165) is 0 Å². The van der Waals surface area contributed by atoms with Gasteiger partial charge < -0.3 is 4.42 Å². The van der Waals surface area contributed by atoms with Crippen LogP contribution in [0, 0.1) is 0 Å². The van der Waals surface area contributed by atoms with Crippen LogP contribution in [0.2, 0.25) is 5.15 Å². The van der Waals surface area contributed by atoms with Crippen LogP contribution >= 0.6 is 11.6 Å². The molecule has 0 fully saturated rings. The van der Waals surface area contributed by atoms with Gasteiger partial charge in [-0.2, -0.15) is 0 Å². The predicted octanol–water partition coefficient (Wildman–Crippen LogP) is 2.29. The zero-order chi connectivity index (χ0) is 8.55. The van der Waals surface area contributed by atoms with Crippen LogP contribution in [-0.4, -0.2) is 11.3 Å². The molecule has 0 N–H and O–H groups in total. The topological polar surface area (TPSA) is 43.1 Å². The first-order valence-corrected chi connectivity index (χ1v) is 3.68. The summed E-state index contributed by atoms with van der Waals surface area (Å²) in [6.07, 6.45) is 2.17. The number of rotatable bonds is 1. The van der Waals surface area contributed by atoms with Crippen LogP contribution in [-0.2, 0) is 0 Å². The fourth-order valence-corrected chi connectivity index (χ4v) is 1.21. The van der Waals surface area contributed by atoms with Gasteiger partial charge in [-0.05, 0) is 12.1 Å². The molecule has 0 atom stereocenters. The van der Waals surface area contributed by atoms with E-state index in [-0.39, 0.29) is 5.76 Å². The van der Waals surface area contributed by atoms with Gasteiger partial charge in [-0.15, -0.1) is 0 Å². The second kappa shape index (κ2) is 2.60. The van der Waals surface area contributed by atoms with Crippen molar-refractivity contribution < 1.29 is 9.21 Å². The maximum atomic E-state index is 10.3. The number of carbonyl (C=O) groups is 1. The largest absolute Gasteiger partial charge is 0.453 e. The minimum Gasteiger partial charge on any atom is -0.453 e. The maximum Gasteiger partial charge on any atom is 0.185 e. The third-order valence-corrected chi connectivity index (χ3v) is 1.83. The van der Waals surface area contributed by atoms with Gasteiger partial charge in [0.05, 0.1) is 5.39 Å². The second-order valence-corrected chi connectivity index (χ2v) is 2.64. The van der Waals surface area contributed by atoms with Crippen LogP contribution in [0.15, 0.2) is 22.7 Å². The molecule has 2 rings (SSSR count). The average molecular weight is 182 g/mol. The van der Waals surface area contributed by atoms with Crippen molar-refractivity contribution in [1.82, 2.24) is 4.98 Å². The van der Waals surface area contributed by atoms with Gasteiger partial charge >= 0.3 is 0 Å². The molecule has 3 nitrogen and oxygen atoms in total. The van der Waals surface area contributed by atoms with E-state index in [9.17, 15) is 4.79 Å². The molecular formula is C8H4ClNO2. The number of fused-ring (bicyclic) bond motifs is 1. The molecule has 0 bridgehead atoms. The average Bonchev–Trinajstić information content (AvgIpc) is 2.49. The lowest BCUT2D eigenvalue weighted by Crippen LogP contribution is -1.71. The van der Waals surface area contributed by atoms with Gasteiger partial charge in [-0.1, -0.05) is 11.6 Å². The molecule has 0 aliphatic heterocycles. The molecule has 0 unspecified atom stereocenters. The fourth-order valence-electron chi connectivity index (χ4n) is 1.01. The summed E-state index contributed by atoms with van der Waals surface area (Å²) >= 11 is 5.74. The van der Waals surface area contributed by atoms with Gasteiger partial charge in [0, 0.05) is 6.20 Å². The summed E-state index contributed by atoms with van der Waals surface area (Å²) in [5.41, 5.74) is 0.581. The SMILES string of the molecule is O=Cc1cc2c(Cl)nccc2o1. The zero-order valence-electron chi connectivity index (χ0n) is 5.95. The quantitative estimate of drug-likeness (QED) is 0.501. The van der Waals surface area contributed by atoms with E-state index >= 15 is 0 Å². The molecular weight excluding hydrogens is 178 g/mol. The summed E-state index contributed by atoms with van der Waals surface area (Å²) in [4.78, 5) is 14.2. The first-order valence-electron chi connectivity index (χ1n) is 3.30. The van der Waals surface area contributed by atoms with Crippen molar-refractivity contribution in [2.75, 3.05) is 0 Å². The molecule has 4 heteroatoms. The smallest absolute Gasteiger partial charge is 0.185 e. The summed E-state index contributed by atoms with van der Waals surface area (Å²) in [7, 11) is 0. The highest BCUT2D eigenvalue weighted by Crippen LogP contribution is 2.23. The van der Waals surface area contributed by atoms with E-state index in [1.165, 1.54) is 6.20 Å². The van der Waals surface area contributed by atoms with Crippen LogP contribution < -0.4 is 0 Å². The number of halogens is 1. The van der Waals surface area contributed by atoms with Gasteiger partial charge in [0.25, 0.3) is 0 Å². The van der Waals surface area contributed by atoms with E-state index < -0.39 is 0 Å². The summed E-state index contributed by atoms with van der Waals surface area (Å²) in [6, 6.07) is 3.23. The number of hydrogen-bond acceptors (Lipinski definition) is 3. The summed E-state index contributed by atoms with van der Waals surface area (Å²) in [5.74, 6) is 0.264. The van der Waals surface area contributed by atoms with Crippen molar-refractivity contribution in [3.05, 3.63) is 29.2 Å². The van der Waals surface area contributed by atoms with Crippen molar-refractivity contribution in [2.45, 2.75) is 0 Å². The third-order valence-electron chi connectivity index (χ3n) is 1.53. The molecule has 0 spiro atoms. The first-order chi connectivity index (χ1) is 5.81. The number of pyridine rings is 1. The molecule has 60 valence electrons. The molecule has 0 aliphatic carbocycles. The Balaban J connectivity index is 2.82. The predicted molar refractivity (Wildman–Crippen MR) is 44.4 cm³/mol. The molecule has 12 heavy (non-hydrogen) atoms. The van der Waals surface area contributed by atoms with E-state index in [4.69, 9.17) is 16.0 Å². The normalized spacial score (nSPS) is 10.4. The molecule has 2 aromatic heterocycles. The number of aldehydes is 1. The lowest BCUT2D eigenvalue weighted by Gasteiger charge is -1.87. The van der Waals surface area contributed by atoms with Gasteiger partial charge in [-0.3, -0.25) is 4.79 Å². The van der Waals surface area contributed by atoms with Crippen molar-refractivity contribution >= 4 is 28.9 Å². The van der Waals surface area contributed by atoms with E-state index in [1.54, 1.807) is 12.1 Å². The lowest BCUT2D eigenvalue weighted by atomic mass is 10.3. The first kappa shape index (κ1) is 7.31. The number of aromatic nitrogens is 1. The van der Waals surface area contributed by atoms with Crippen molar-refractivity contribution in [1.29, 1.82) is 0 Å². The summed E-state index contributed by atoms with van der Waals surface area (Å²) in [5, 5.41) is 1.02. The maximum absolute atomic E-state index is 10.3. The molecule has 2 heterocycles. The minimum absolute atomic E-state index is 0.264. The Morgan fingerprint density at radius 1 is 1.58 bits per heavy atom. The number of nitrogens with zero attached hydrogens (tertiary/aromatic N) is 1. The molecule has 2 aromatic rings. The summed E-state index contributed by atoms with van der Waals surface area (Å²) in [6.45, 7) is 0. The van der Waals surface area contributed by atoms with Crippen LogP contribution in [0.4, 0.5) is 0 Å². The molecule has 0 aromatic carbocycles. The molecule has 0 saturated heterocycles. The Bertz CT molecular complexity index is 436. The van der Waals surface area contributed by atoms with Crippen molar-refractivity contribution in [3.63, 3.8) is 0 Å². The van der Waals surface area contributed by atoms with Crippen LogP contribution in [0.5, 0.6) is 0 Å². The molecule has 0 radical (unpaired) electrons. The van der Waals surface area contributed by atoms with Crippen LogP contribution in [0.1, 0.15) is 10.6 Å². The Labute approximate surface area is 73.0 Å². The summed E-state index contributed by atoms with van der Waals surface area (Å²) < 4.78 is 5.11. The Morgan fingerprint density at radius 2 is 2.42 bits per heavy atom. The number of hydrogen-bond donors (Lipinski definition) is 0. The molecule has 0 saturated carbocycles. The van der Waals surface area contributed by atoms with Crippen molar-refractivity contribution in [2.24, 2.45) is 0 Å². The monoisotopic (exact) mass is 181 g/mol. The van der Waals surface area contributed by atoms with Crippen LogP contribution in [0.25, 0.3) is 11.0 Å². The highest BCUT2D eigenvalue weighted by Gasteiger charge is 2.05. The Hall–Kier alpha value is -1.35. The molecule has 0 amide bonds. The minimum atomic E-state index is 0.264. The van der Waals surface area contributed by atoms with Gasteiger partial charge in [0.2, 0.25) is 0 Å².